The van der Waals surface area contributed by atoms with E-state index in [1.54, 1.807) is 0 Å². The van der Waals surface area contributed by atoms with Gasteiger partial charge < -0.3 is 9.72 Å². The van der Waals surface area contributed by atoms with Crippen LogP contribution in [0.1, 0.15) is 42.6 Å². The van der Waals surface area contributed by atoms with Gasteiger partial charge in [-0.2, -0.15) is 0 Å². The minimum absolute atomic E-state index is 0.225. The molecule has 19 heavy (non-hydrogen) atoms. The lowest BCUT2D eigenvalue weighted by molar-refractivity contribution is 0.0595. The zero-order valence-corrected chi connectivity index (χ0v) is 11.3. The molecule has 0 unspecified atom stereocenters. The van der Waals surface area contributed by atoms with Crippen molar-refractivity contribution in [2.45, 2.75) is 38.1 Å². The van der Waals surface area contributed by atoms with Crippen LogP contribution in [0.25, 0.3) is 0 Å². The van der Waals surface area contributed by atoms with Crippen molar-refractivity contribution in [2.75, 3.05) is 14.2 Å². The molecule has 7 heteroatoms. The molecule has 1 N–H and O–H groups in total. The lowest BCUT2D eigenvalue weighted by Gasteiger charge is -2.27. The summed E-state index contributed by atoms with van der Waals surface area (Å²) in [4.78, 5) is 18.1. The molecule has 2 rings (SSSR count). The van der Waals surface area contributed by atoms with Crippen molar-refractivity contribution in [1.29, 1.82) is 0 Å². The van der Waals surface area contributed by atoms with Gasteiger partial charge in [0.1, 0.15) is 0 Å². The highest BCUT2D eigenvalue weighted by atomic mass is 16.5. The second-order valence-corrected chi connectivity index (χ2v) is 4.65. The van der Waals surface area contributed by atoms with E-state index in [1.807, 2.05) is 12.1 Å². The molecule has 7 nitrogen and oxygen atoms in total. The van der Waals surface area contributed by atoms with Gasteiger partial charge in [-0.25, -0.2) is 9.78 Å². The zero-order valence-electron chi connectivity index (χ0n) is 11.3. The van der Waals surface area contributed by atoms with Crippen molar-refractivity contribution in [3.63, 3.8) is 0 Å². The van der Waals surface area contributed by atoms with Crippen molar-refractivity contribution in [3.05, 3.63) is 12.0 Å². The number of esters is 1. The summed E-state index contributed by atoms with van der Waals surface area (Å²) >= 11 is 0. The van der Waals surface area contributed by atoms with Gasteiger partial charge in [0, 0.05) is 13.1 Å². The van der Waals surface area contributed by atoms with Gasteiger partial charge in [0.15, 0.2) is 5.69 Å². The molecule has 0 bridgehead atoms. The molecule has 0 amide bonds. The highest BCUT2D eigenvalue weighted by molar-refractivity contribution is 5.91. The lowest BCUT2D eigenvalue weighted by atomic mass is 9.95. The highest BCUT2D eigenvalue weighted by Crippen LogP contribution is 2.23. The number of imidazole rings is 1. The average molecular weight is 265 g/mol. The lowest BCUT2D eigenvalue weighted by Crippen LogP contribution is -2.28. The largest absolute Gasteiger partial charge is 0.464 e. The van der Waals surface area contributed by atoms with Crippen molar-refractivity contribution < 1.29 is 9.53 Å². The molecule has 0 saturated heterocycles. The first-order chi connectivity index (χ1) is 9.22. The molecular weight excluding hydrogens is 246 g/mol. The molecule has 104 valence electrons. The molecule has 1 heterocycles. The molecular formula is C12H19N5O2. The van der Waals surface area contributed by atoms with Crippen LogP contribution in [0.2, 0.25) is 0 Å². The third-order valence-corrected chi connectivity index (χ3v) is 3.39. The van der Waals surface area contributed by atoms with E-state index in [0.29, 0.717) is 6.04 Å². The maximum atomic E-state index is 11.4. The third-order valence-electron chi connectivity index (χ3n) is 3.39. The number of hydrogen-bond donors (Lipinski definition) is 1. The molecule has 1 aromatic rings. The van der Waals surface area contributed by atoms with Crippen molar-refractivity contribution in [1.82, 2.24) is 15.0 Å². The van der Waals surface area contributed by atoms with Crippen LogP contribution in [-0.4, -0.2) is 41.1 Å². The van der Waals surface area contributed by atoms with Crippen LogP contribution >= 0.6 is 0 Å². The van der Waals surface area contributed by atoms with E-state index in [-0.39, 0.29) is 11.5 Å². The summed E-state index contributed by atoms with van der Waals surface area (Å²) in [5, 5.41) is 10.0. The van der Waals surface area contributed by atoms with Gasteiger partial charge in [-0.05, 0) is 12.8 Å². The van der Waals surface area contributed by atoms with Gasteiger partial charge in [0.25, 0.3) is 0 Å². The Kier molecular flexibility index (Phi) is 4.48. The van der Waals surface area contributed by atoms with Gasteiger partial charge in [-0.1, -0.05) is 24.5 Å². The van der Waals surface area contributed by atoms with Gasteiger partial charge >= 0.3 is 5.97 Å². The molecule has 1 saturated carbocycles. The number of ether oxygens (including phenoxy) is 1. The Morgan fingerprint density at radius 3 is 2.89 bits per heavy atom. The monoisotopic (exact) mass is 265 g/mol. The fourth-order valence-electron chi connectivity index (χ4n) is 2.26. The van der Waals surface area contributed by atoms with Gasteiger partial charge in [0.05, 0.1) is 13.4 Å². The van der Waals surface area contributed by atoms with Crippen LogP contribution in [0.3, 0.4) is 0 Å². The molecule has 1 aliphatic rings. The number of rotatable bonds is 4. The van der Waals surface area contributed by atoms with E-state index in [4.69, 9.17) is 0 Å². The standard InChI is InChI=1S/C12H19N5O2/c1-17(9-6-4-3-5-7-9)16-15-11-10(12(18)19-2)13-8-14-11/h8-9H,3-7H2,1-2H3,(H,13,14)/b16-15+. The molecule has 0 atom stereocenters. The van der Waals surface area contributed by atoms with Gasteiger partial charge in [0.2, 0.25) is 5.82 Å². The van der Waals surface area contributed by atoms with Gasteiger partial charge in [-0.3, -0.25) is 5.01 Å². The van der Waals surface area contributed by atoms with Crippen LogP contribution in [-0.2, 0) is 4.74 Å². The minimum Gasteiger partial charge on any atom is -0.464 e. The van der Waals surface area contributed by atoms with Gasteiger partial charge in [-0.15, -0.1) is 5.11 Å². The Balaban J connectivity index is 2.01. The summed E-state index contributed by atoms with van der Waals surface area (Å²) in [6, 6.07) is 0.429. The Morgan fingerprint density at radius 2 is 2.21 bits per heavy atom. The average Bonchev–Trinajstić information content (AvgIpc) is 2.93. The first-order valence-electron chi connectivity index (χ1n) is 6.48. The number of nitrogens with zero attached hydrogens (tertiary/aromatic N) is 4. The predicted molar refractivity (Wildman–Crippen MR) is 69.1 cm³/mol. The summed E-state index contributed by atoms with van der Waals surface area (Å²) in [5.41, 5.74) is 0.225. The first-order valence-corrected chi connectivity index (χ1v) is 6.48. The number of aromatic amines is 1. The zero-order chi connectivity index (χ0) is 13.7. The van der Waals surface area contributed by atoms with Crippen molar-refractivity contribution >= 4 is 11.8 Å². The van der Waals surface area contributed by atoms with Crippen LogP contribution in [0.15, 0.2) is 16.7 Å². The van der Waals surface area contributed by atoms with Crippen LogP contribution in [0.5, 0.6) is 0 Å². The van der Waals surface area contributed by atoms with Crippen LogP contribution in [0, 0.1) is 0 Å². The third kappa shape index (κ3) is 3.30. The smallest absolute Gasteiger partial charge is 0.358 e. The summed E-state index contributed by atoms with van der Waals surface area (Å²) in [6.45, 7) is 0. The van der Waals surface area contributed by atoms with E-state index >= 15 is 0 Å². The first kappa shape index (κ1) is 13.5. The topological polar surface area (TPSA) is 82.9 Å². The second kappa shape index (κ2) is 6.31. The molecule has 1 fully saturated rings. The minimum atomic E-state index is -0.494. The molecule has 0 aliphatic heterocycles. The molecule has 0 aromatic carbocycles. The predicted octanol–water partition coefficient (Wildman–Crippen LogP) is 2.46. The number of aromatic nitrogens is 2. The Hall–Kier alpha value is -1.92. The van der Waals surface area contributed by atoms with E-state index in [9.17, 15) is 4.79 Å². The number of H-pyrrole nitrogens is 1. The summed E-state index contributed by atoms with van der Waals surface area (Å²) in [7, 11) is 3.22. The van der Waals surface area contributed by atoms with Crippen molar-refractivity contribution in [3.8, 4) is 0 Å². The van der Waals surface area contributed by atoms with E-state index in [1.165, 1.54) is 32.7 Å². The molecule has 1 aromatic heterocycles. The molecule has 1 aliphatic carbocycles. The van der Waals surface area contributed by atoms with Crippen molar-refractivity contribution in [2.24, 2.45) is 10.3 Å². The summed E-state index contributed by atoms with van der Waals surface area (Å²) in [5.74, 6) is -0.235. The number of nitrogens with one attached hydrogen (secondary N) is 1. The number of methoxy groups -OCH3 is 1. The Bertz CT molecular complexity index is 451. The molecule has 0 radical (unpaired) electrons. The Labute approximate surface area is 112 Å². The van der Waals surface area contributed by atoms with E-state index in [0.717, 1.165) is 12.8 Å². The Morgan fingerprint density at radius 1 is 1.47 bits per heavy atom. The highest BCUT2D eigenvalue weighted by Gasteiger charge is 2.18. The number of hydrogen-bond acceptors (Lipinski definition) is 5. The normalized spacial score (nSPS) is 16.7. The van der Waals surface area contributed by atoms with Crippen LogP contribution in [0.4, 0.5) is 5.82 Å². The number of carbonyl (C=O) groups is 1. The van der Waals surface area contributed by atoms with E-state index < -0.39 is 5.97 Å². The quantitative estimate of drug-likeness (QED) is 0.515. The van der Waals surface area contributed by atoms with E-state index in [2.05, 4.69) is 25.0 Å². The fraction of sp³-hybridized carbons (Fsp3) is 0.667. The second-order valence-electron chi connectivity index (χ2n) is 4.65. The van der Waals surface area contributed by atoms with Crippen LogP contribution < -0.4 is 0 Å². The molecule has 0 spiro atoms. The number of carbonyl (C=O) groups excluding carboxylic acids is 1. The fourth-order valence-corrected chi connectivity index (χ4v) is 2.26. The maximum Gasteiger partial charge on any atom is 0.358 e. The summed E-state index contributed by atoms with van der Waals surface area (Å²) < 4.78 is 4.63. The maximum absolute atomic E-state index is 11.4. The SMILES string of the molecule is COC(=O)c1[nH]cnc1/N=N/N(C)C1CCCCC1. The summed E-state index contributed by atoms with van der Waals surface area (Å²) in [6.07, 6.45) is 7.45.